The average Bonchev–Trinajstić information content (AvgIpc) is 2.38. The summed E-state index contributed by atoms with van der Waals surface area (Å²) < 4.78 is 26.1. The number of hydrogen-bond donors (Lipinski definition) is 2. The van der Waals surface area contributed by atoms with Gasteiger partial charge in [0.15, 0.2) is 0 Å². The Morgan fingerprint density at radius 1 is 1.15 bits per heavy atom. The second kappa shape index (κ2) is 8.85. The van der Waals surface area contributed by atoms with E-state index in [1.807, 2.05) is 6.92 Å². The van der Waals surface area contributed by atoms with Crippen molar-refractivity contribution >= 4 is 28.1 Å². The van der Waals surface area contributed by atoms with Crippen molar-refractivity contribution in [3.8, 4) is 0 Å². The van der Waals surface area contributed by atoms with Gasteiger partial charge in [-0.15, -0.1) is 12.4 Å². The summed E-state index contributed by atoms with van der Waals surface area (Å²) in [5.74, 6) is 0. The largest absolute Gasteiger partial charge is 0.315 e. The molecule has 114 valence electrons. The second-order valence-electron chi connectivity index (χ2n) is 3.90. The predicted molar refractivity (Wildman–Crippen MR) is 78.7 cm³/mol. The number of nitro groups is 1. The van der Waals surface area contributed by atoms with E-state index in [4.69, 9.17) is 0 Å². The van der Waals surface area contributed by atoms with Crippen LogP contribution < -0.4 is 10.0 Å². The fourth-order valence-electron chi connectivity index (χ4n) is 1.41. The number of nitrogens with zero attached hydrogens (tertiary/aromatic N) is 1. The standard InChI is InChI=1S/C11H17N3O4S.ClH/c1-2-7-12-8-9-13-19(17,18)11-5-3-10(4-6-11)14(15)16;/h3-6,12-13H,2,7-9H2,1H3;1H. The quantitative estimate of drug-likeness (QED) is 0.426. The molecule has 9 heteroatoms. The van der Waals surface area contributed by atoms with E-state index in [0.717, 1.165) is 13.0 Å². The van der Waals surface area contributed by atoms with Gasteiger partial charge in [-0.25, -0.2) is 13.1 Å². The normalized spacial score (nSPS) is 10.8. The highest BCUT2D eigenvalue weighted by Gasteiger charge is 2.14. The lowest BCUT2D eigenvalue weighted by Gasteiger charge is -2.07. The van der Waals surface area contributed by atoms with Crippen LogP contribution in [-0.4, -0.2) is 33.0 Å². The first-order valence-corrected chi connectivity index (χ1v) is 7.40. The molecule has 1 rings (SSSR count). The monoisotopic (exact) mass is 323 g/mol. The smallest absolute Gasteiger partial charge is 0.269 e. The third-order valence-corrected chi connectivity index (χ3v) is 3.86. The van der Waals surface area contributed by atoms with Crippen molar-refractivity contribution < 1.29 is 13.3 Å². The van der Waals surface area contributed by atoms with Crippen molar-refractivity contribution in [1.82, 2.24) is 10.0 Å². The van der Waals surface area contributed by atoms with Gasteiger partial charge in [-0.1, -0.05) is 6.92 Å². The van der Waals surface area contributed by atoms with E-state index < -0.39 is 14.9 Å². The lowest BCUT2D eigenvalue weighted by atomic mass is 10.3. The second-order valence-corrected chi connectivity index (χ2v) is 5.67. The molecule has 1 aromatic rings. The van der Waals surface area contributed by atoms with E-state index in [-0.39, 0.29) is 29.5 Å². The maximum absolute atomic E-state index is 11.8. The number of hydrogen-bond acceptors (Lipinski definition) is 5. The molecule has 1 aromatic carbocycles. The molecular weight excluding hydrogens is 306 g/mol. The molecule has 0 radical (unpaired) electrons. The Bertz CT molecular complexity index is 519. The number of sulfonamides is 1. The van der Waals surface area contributed by atoms with E-state index in [1.54, 1.807) is 0 Å². The number of non-ortho nitro benzene ring substituents is 1. The average molecular weight is 324 g/mol. The molecule has 0 aromatic heterocycles. The van der Waals surface area contributed by atoms with Crippen LogP contribution in [0.1, 0.15) is 13.3 Å². The van der Waals surface area contributed by atoms with E-state index in [9.17, 15) is 18.5 Å². The van der Waals surface area contributed by atoms with E-state index in [2.05, 4.69) is 10.0 Å². The van der Waals surface area contributed by atoms with Gasteiger partial charge in [-0.3, -0.25) is 10.1 Å². The molecule has 7 nitrogen and oxygen atoms in total. The molecule has 0 atom stereocenters. The molecule has 20 heavy (non-hydrogen) atoms. The van der Waals surface area contributed by atoms with Crippen LogP contribution in [0.3, 0.4) is 0 Å². The summed E-state index contributed by atoms with van der Waals surface area (Å²) in [6.45, 7) is 3.67. The van der Waals surface area contributed by atoms with Gasteiger partial charge >= 0.3 is 0 Å². The molecule has 0 fully saturated rings. The van der Waals surface area contributed by atoms with E-state index in [0.29, 0.717) is 6.54 Å². The zero-order chi connectivity index (χ0) is 14.3. The van der Waals surface area contributed by atoms with Gasteiger partial charge in [-0.2, -0.15) is 0 Å². The van der Waals surface area contributed by atoms with Crippen LogP contribution in [-0.2, 0) is 10.0 Å². The number of nitrogens with one attached hydrogen (secondary N) is 2. The van der Waals surface area contributed by atoms with Crippen LogP contribution in [0.15, 0.2) is 29.2 Å². The van der Waals surface area contributed by atoms with Gasteiger partial charge in [-0.05, 0) is 25.1 Å². The van der Waals surface area contributed by atoms with E-state index >= 15 is 0 Å². The van der Waals surface area contributed by atoms with Crippen LogP contribution in [0.2, 0.25) is 0 Å². The first-order valence-electron chi connectivity index (χ1n) is 5.92. The lowest BCUT2D eigenvalue weighted by Crippen LogP contribution is -2.32. The Morgan fingerprint density at radius 2 is 1.75 bits per heavy atom. The highest BCUT2D eigenvalue weighted by atomic mass is 35.5. The molecular formula is C11H18ClN3O4S. The molecule has 0 bridgehead atoms. The van der Waals surface area contributed by atoms with Crippen molar-refractivity contribution in [3.63, 3.8) is 0 Å². The molecule has 0 amide bonds. The SMILES string of the molecule is CCCNCCNS(=O)(=O)c1ccc([N+](=O)[O-])cc1.Cl. The summed E-state index contributed by atoms with van der Waals surface area (Å²) in [4.78, 5) is 9.92. The minimum atomic E-state index is -3.60. The highest BCUT2D eigenvalue weighted by molar-refractivity contribution is 7.89. The summed E-state index contributed by atoms with van der Waals surface area (Å²) in [6.07, 6.45) is 0.981. The minimum Gasteiger partial charge on any atom is -0.315 e. The van der Waals surface area contributed by atoms with Crippen molar-refractivity contribution in [3.05, 3.63) is 34.4 Å². The van der Waals surface area contributed by atoms with Crippen LogP contribution in [0.4, 0.5) is 5.69 Å². The Kier molecular flexibility index (Phi) is 8.31. The van der Waals surface area contributed by atoms with Crippen molar-refractivity contribution in [2.75, 3.05) is 19.6 Å². The van der Waals surface area contributed by atoms with Crippen molar-refractivity contribution in [2.45, 2.75) is 18.2 Å². The molecule has 0 aliphatic heterocycles. The zero-order valence-electron chi connectivity index (χ0n) is 11.0. The fraction of sp³-hybridized carbons (Fsp3) is 0.455. The lowest BCUT2D eigenvalue weighted by molar-refractivity contribution is -0.384. The Hall–Kier alpha value is -1.22. The van der Waals surface area contributed by atoms with Gasteiger partial charge < -0.3 is 5.32 Å². The van der Waals surface area contributed by atoms with Crippen LogP contribution in [0.25, 0.3) is 0 Å². The number of rotatable bonds is 8. The van der Waals surface area contributed by atoms with Crippen LogP contribution in [0, 0.1) is 10.1 Å². The summed E-state index contributed by atoms with van der Waals surface area (Å²) in [7, 11) is -3.60. The molecule has 0 saturated carbocycles. The summed E-state index contributed by atoms with van der Waals surface area (Å²) in [6, 6.07) is 4.79. The zero-order valence-corrected chi connectivity index (χ0v) is 12.7. The molecule has 2 N–H and O–H groups in total. The topological polar surface area (TPSA) is 101 Å². The maximum Gasteiger partial charge on any atom is 0.269 e. The third-order valence-electron chi connectivity index (χ3n) is 2.38. The number of benzene rings is 1. The molecule has 0 aliphatic carbocycles. The minimum absolute atomic E-state index is 0. The molecule has 0 spiro atoms. The van der Waals surface area contributed by atoms with Gasteiger partial charge in [0.2, 0.25) is 10.0 Å². The maximum atomic E-state index is 11.8. The number of halogens is 1. The third kappa shape index (κ3) is 5.83. The molecule has 0 heterocycles. The van der Waals surface area contributed by atoms with Crippen molar-refractivity contribution in [1.29, 1.82) is 0 Å². The fourth-order valence-corrected chi connectivity index (χ4v) is 2.44. The Morgan fingerprint density at radius 3 is 2.25 bits per heavy atom. The van der Waals surface area contributed by atoms with Gasteiger partial charge in [0, 0.05) is 25.2 Å². The predicted octanol–water partition coefficient (Wildman–Crippen LogP) is 1.29. The first kappa shape index (κ1) is 18.8. The first-order chi connectivity index (χ1) is 8.97. The van der Waals surface area contributed by atoms with Crippen LogP contribution >= 0.6 is 12.4 Å². The summed E-state index contributed by atoms with van der Waals surface area (Å²) in [5.41, 5.74) is -0.136. The Balaban J connectivity index is 0.00000361. The molecule has 0 saturated heterocycles. The van der Waals surface area contributed by atoms with Crippen LogP contribution in [0.5, 0.6) is 0 Å². The number of nitro benzene ring substituents is 1. The van der Waals surface area contributed by atoms with E-state index in [1.165, 1.54) is 24.3 Å². The molecule has 0 aliphatic rings. The van der Waals surface area contributed by atoms with Gasteiger partial charge in [0.25, 0.3) is 5.69 Å². The summed E-state index contributed by atoms with van der Waals surface area (Å²) in [5, 5.41) is 13.5. The van der Waals surface area contributed by atoms with Crippen molar-refractivity contribution in [2.24, 2.45) is 0 Å². The molecule has 0 unspecified atom stereocenters. The Labute approximate surface area is 124 Å². The highest BCUT2D eigenvalue weighted by Crippen LogP contribution is 2.15. The van der Waals surface area contributed by atoms with Gasteiger partial charge in [0.05, 0.1) is 9.82 Å². The summed E-state index contributed by atoms with van der Waals surface area (Å²) >= 11 is 0. The van der Waals surface area contributed by atoms with Gasteiger partial charge in [0.1, 0.15) is 0 Å².